The molecule has 0 spiro atoms. The summed E-state index contributed by atoms with van der Waals surface area (Å²) >= 11 is 0. The number of likely N-dealkylation sites (tertiary alicyclic amines) is 1. The van der Waals surface area contributed by atoms with E-state index < -0.39 is 7.60 Å². The molecule has 16 heavy (non-hydrogen) atoms. The molecule has 1 rings (SSSR count). The van der Waals surface area contributed by atoms with Crippen LogP contribution in [0.15, 0.2) is 0 Å². The third kappa shape index (κ3) is 4.96. The Labute approximate surface area is 98.8 Å². The lowest BCUT2D eigenvalue weighted by molar-refractivity contribution is 0.197. The summed E-state index contributed by atoms with van der Waals surface area (Å²) in [6, 6.07) is 0. The van der Waals surface area contributed by atoms with Crippen molar-refractivity contribution in [1.29, 1.82) is 0 Å². The molecule has 0 amide bonds. The van der Waals surface area contributed by atoms with Crippen molar-refractivity contribution in [2.45, 2.75) is 39.5 Å². The van der Waals surface area contributed by atoms with Crippen LogP contribution in [0.4, 0.5) is 0 Å². The van der Waals surface area contributed by atoms with Crippen LogP contribution in [0.3, 0.4) is 0 Å². The Hall–Kier alpha value is 0.110. The molecule has 0 radical (unpaired) electrons. The molecule has 0 aromatic rings. The van der Waals surface area contributed by atoms with Gasteiger partial charge in [-0.15, -0.1) is 0 Å². The van der Waals surface area contributed by atoms with E-state index in [1.807, 2.05) is 13.8 Å². The van der Waals surface area contributed by atoms with Gasteiger partial charge in [0.1, 0.15) is 6.29 Å². The van der Waals surface area contributed by atoms with Crippen molar-refractivity contribution in [3.63, 3.8) is 0 Å². The van der Waals surface area contributed by atoms with E-state index in [1.165, 1.54) is 25.7 Å². The lowest BCUT2D eigenvalue weighted by atomic mass is 10.2. The normalized spacial score (nSPS) is 19.6. The molecule has 0 aliphatic carbocycles. The van der Waals surface area contributed by atoms with Gasteiger partial charge in [-0.3, -0.25) is 9.46 Å². The molecule has 0 aromatic heterocycles. The smallest absolute Gasteiger partial charge is 0.308 e. The molecule has 0 saturated carbocycles. The van der Waals surface area contributed by atoms with E-state index in [0.29, 0.717) is 19.5 Å². The molecule has 0 aromatic carbocycles. The number of hydrogen-bond donors (Lipinski definition) is 0. The van der Waals surface area contributed by atoms with Gasteiger partial charge in [-0.25, -0.2) is 0 Å². The zero-order valence-electron chi connectivity index (χ0n) is 10.5. The van der Waals surface area contributed by atoms with Gasteiger partial charge in [0, 0.05) is 0 Å². The fraction of sp³-hybridized carbons (Fsp3) is 1.00. The third-order valence-corrected chi connectivity index (χ3v) is 4.77. The number of nitrogens with zero attached hydrogens (tertiary/aromatic N) is 1. The average Bonchev–Trinajstić information content (AvgIpc) is 2.46. The Balaban J connectivity index is 2.48. The summed E-state index contributed by atoms with van der Waals surface area (Å²) in [4.78, 5) is 2.22. The summed E-state index contributed by atoms with van der Waals surface area (Å²) in [5, 5.41) is 0. The lowest BCUT2D eigenvalue weighted by Gasteiger charge is -2.25. The van der Waals surface area contributed by atoms with Crippen molar-refractivity contribution < 1.29 is 13.6 Å². The average molecular weight is 249 g/mol. The van der Waals surface area contributed by atoms with Gasteiger partial charge in [0.05, 0.1) is 13.2 Å². The Bertz CT molecular complexity index is 217. The highest BCUT2D eigenvalue weighted by atomic mass is 31.2. The Kier molecular flexibility index (Phi) is 6.59. The largest absolute Gasteiger partial charge is 0.344 e. The van der Waals surface area contributed by atoms with E-state index in [1.54, 1.807) is 0 Å². The van der Waals surface area contributed by atoms with Crippen LogP contribution in [-0.4, -0.2) is 37.5 Å². The van der Waals surface area contributed by atoms with E-state index in [9.17, 15) is 4.57 Å². The van der Waals surface area contributed by atoms with E-state index in [0.717, 1.165) is 13.1 Å². The zero-order valence-corrected chi connectivity index (χ0v) is 11.4. The monoisotopic (exact) mass is 249 g/mol. The van der Waals surface area contributed by atoms with Crippen LogP contribution in [-0.2, 0) is 13.6 Å². The van der Waals surface area contributed by atoms with Crippen LogP contribution in [0, 0.1) is 0 Å². The summed E-state index contributed by atoms with van der Waals surface area (Å²) in [6.45, 7) is 6.65. The van der Waals surface area contributed by atoms with Crippen molar-refractivity contribution >= 4 is 7.60 Å². The number of rotatable bonds is 6. The maximum Gasteiger partial charge on any atom is 0.344 e. The van der Waals surface area contributed by atoms with E-state index >= 15 is 0 Å². The van der Waals surface area contributed by atoms with E-state index in [4.69, 9.17) is 9.05 Å². The first kappa shape index (κ1) is 14.2. The highest BCUT2D eigenvalue weighted by Gasteiger charge is 2.27. The molecule has 96 valence electrons. The van der Waals surface area contributed by atoms with Crippen molar-refractivity contribution in [1.82, 2.24) is 4.90 Å². The van der Waals surface area contributed by atoms with Crippen LogP contribution in [0.5, 0.6) is 0 Å². The second kappa shape index (κ2) is 7.44. The Morgan fingerprint density at radius 3 is 1.94 bits per heavy atom. The molecule has 1 heterocycles. The molecule has 0 N–H and O–H groups in total. The fourth-order valence-corrected chi connectivity index (χ4v) is 3.83. The number of hydrogen-bond acceptors (Lipinski definition) is 4. The summed E-state index contributed by atoms with van der Waals surface area (Å²) in [5.74, 6) is 0. The molecule has 5 heteroatoms. The van der Waals surface area contributed by atoms with Crippen LogP contribution < -0.4 is 0 Å². The zero-order chi connectivity index (χ0) is 11.9. The topological polar surface area (TPSA) is 38.8 Å². The van der Waals surface area contributed by atoms with Crippen LogP contribution in [0.1, 0.15) is 39.5 Å². The van der Waals surface area contributed by atoms with Crippen molar-refractivity contribution in [3.05, 3.63) is 0 Å². The van der Waals surface area contributed by atoms with Gasteiger partial charge in [-0.05, 0) is 39.8 Å². The van der Waals surface area contributed by atoms with Crippen molar-refractivity contribution in [3.8, 4) is 0 Å². The second-order valence-corrected chi connectivity index (χ2v) is 6.14. The lowest BCUT2D eigenvalue weighted by Crippen LogP contribution is -2.26. The summed E-state index contributed by atoms with van der Waals surface area (Å²) in [5.41, 5.74) is 0. The minimum absolute atomic E-state index is 0.450. The first-order chi connectivity index (χ1) is 7.70. The predicted molar refractivity (Wildman–Crippen MR) is 65.8 cm³/mol. The van der Waals surface area contributed by atoms with Gasteiger partial charge in [-0.2, -0.15) is 0 Å². The van der Waals surface area contributed by atoms with Gasteiger partial charge < -0.3 is 9.05 Å². The van der Waals surface area contributed by atoms with Gasteiger partial charge in [0.25, 0.3) is 0 Å². The molecule has 0 atom stereocenters. The van der Waals surface area contributed by atoms with Gasteiger partial charge in [-0.1, -0.05) is 12.8 Å². The molecule has 1 fully saturated rings. The van der Waals surface area contributed by atoms with E-state index in [-0.39, 0.29) is 0 Å². The van der Waals surface area contributed by atoms with Crippen LogP contribution >= 0.6 is 7.60 Å². The summed E-state index contributed by atoms with van der Waals surface area (Å²) < 4.78 is 22.9. The van der Waals surface area contributed by atoms with Crippen molar-refractivity contribution in [2.75, 3.05) is 32.6 Å². The van der Waals surface area contributed by atoms with Gasteiger partial charge in [0.2, 0.25) is 0 Å². The summed E-state index contributed by atoms with van der Waals surface area (Å²) in [6.07, 6.45) is 5.40. The SMILES string of the molecule is CCOP(=O)(CN1CCCCCC1)OCC. The molecule has 0 bridgehead atoms. The molecule has 1 saturated heterocycles. The molecular formula is C11H24NO3P. The maximum atomic E-state index is 12.3. The standard InChI is InChI=1S/C11H24NO3P/c1-3-14-16(13,15-4-2)11-12-9-7-5-6-8-10-12/h3-11H2,1-2H3. The minimum Gasteiger partial charge on any atom is -0.308 e. The fourth-order valence-electron chi connectivity index (χ4n) is 2.03. The second-order valence-electron chi connectivity index (χ2n) is 4.12. The molecule has 4 nitrogen and oxygen atoms in total. The Morgan fingerprint density at radius 1 is 1.00 bits per heavy atom. The highest BCUT2D eigenvalue weighted by Crippen LogP contribution is 2.48. The summed E-state index contributed by atoms with van der Waals surface area (Å²) in [7, 11) is -2.88. The first-order valence-corrected chi connectivity index (χ1v) is 8.03. The Morgan fingerprint density at radius 2 is 1.50 bits per heavy atom. The molecule has 1 aliphatic heterocycles. The van der Waals surface area contributed by atoms with E-state index in [2.05, 4.69) is 4.90 Å². The van der Waals surface area contributed by atoms with Crippen LogP contribution in [0.2, 0.25) is 0 Å². The quantitative estimate of drug-likeness (QED) is 0.678. The maximum absolute atomic E-state index is 12.3. The minimum atomic E-state index is -2.88. The predicted octanol–water partition coefficient (Wildman–Crippen LogP) is 3.09. The van der Waals surface area contributed by atoms with Gasteiger partial charge >= 0.3 is 7.60 Å². The van der Waals surface area contributed by atoms with Gasteiger partial charge in [0.15, 0.2) is 0 Å². The molecule has 1 aliphatic rings. The highest BCUT2D eigenvalue weighted by molar-refractivity contribution is 7.53. The molecule has 0 unspecified atom stereocenters. The van der Waals surface area contributed by atoms with Crippen molar-refractivity contribution in [2.24, 2.45) is 0 Å². The third-order valence-electron chi connectivity index (χ3n) is 2.72. The first-order valence-electron chi connectivity index (χ1n) is 6.30. The molecular weight excluding hydrogens is 225 g/mol. The van der Waals surface area contributed by atoms with Crippen LogP contribution in [0.25, 0.3) is 0 Å².